The van der Waals surface area contributed by atoms with Gasteiger partial charge in [-0.15, -0.1) is 0 Å². The Morgan fingerprint density at radius 3 is 2.90 bits per heavy atom. The van der Waals surface area contributed by atoms with Crippen LogP contribution in [0.1, 0.15) is 15.9 Å². The van der Waals surface area contributed by atoms with Gasteiger partial charge < -0.3 is 14.6 Å². The van der Waals surface area contributed by atoms with Crippen LogP contribution < -0.4 is 9.47 Å². The van der Waals surface area contributed by atoms with Gasteiger partial charge in [-0.05, 0) is 52.4 Å². The Kier molecular flexibility index (Phi) is 4.01. The molecule has 0 spiro atoms. The quantitative estimate of drug-likeness (QED) is 0.806. The van der Waals surface area contributed by atoms with Crippen LogP contribution >= 0.6 is 22.6 Å². The van der Waals surface area contributed by atoms with Crippen molar-refractivity contribution in [2.24, 2.45) is 0 Å². The van der Waals surface area contributed by atoms with E-state index in [2.05, 4.69) is 22.6 Å². The summed E-state index contributed by atoms with van der Waals surface area (Å²) in [5, 5.41) is 9.02. The number of ether oxygens (including phenoxy) is 2. The molecule has 1 unspecified atom stereocenters. The zero-order chi connectivity index (χ0) is 14.8. The largest absolute Gasteiger partial charge is 0.489 e. The summed E-state index contributed by atoms with van der Waals surface area (Å²) >= 11 is 2.13. The van der Waals surface area contributed by atoms with Crippen LogP contribution in [0.15, 0.2) is 42.5 Å². The Balaban J connectivity index is 1.67. The molecule has 0 fully saturated rings. The van der Waals surface area contributed by atoms with Gasteiger partial charge in [0, 0.05) is 6.42 Å². The molecule has 0 saturated carbocycles. The maximum absolute atomic E-state index is 11.0. The monoisotopic (exact) mass is 396 g/mol. The van der Waals surface area contributed by atoms with E-state index in [-0.39, 0.29) is 11.7 Å². The Hall–Kier alpha value is -1.76. The van der Waals surface area contributed by atoms with Gasteiger partial charge in [0.1, 0.15) is 24.2 Å². The summed E-state index contributed by atoms with van der Waals surface area (Å²) in [6.45, 7) is 0.397. The molecule has 108 valence electrons. The molecule has 0 saturated heterocycles. The van der Waals surface area contributed by atoms with E-state index in [4.69, 9.17) is 14.6 Å². The lowest BCUT2D eigenvalue weighted by Crippen LogP contribution is -2.22. The molecule has 1 atom stereocenters. The van der Waals surface area contributed by atoms with Crippen molar-refractivity contribution in [2.45, 2.75) is 12.5 Å². The van der Waals surface area contributed by atoms with Crippen molar-refractivity contribution in [3.8, 4) is 11.5 Å². The van der Waals surface area contributed by atoms with Crippen LogP contribution in [0.5, 0.6) is 11.5 Å². The van der Waals surface area contributed by atoms with Gasteiger partial charge in [-0.25, -0.2) is 4.79 Å². The van der Waals surface area contributed by atoms with Crippen molar-refractivity contribution < 1.29 is 19.4 Å². The van der Waals surface area contributed by atoms with Crippen molar-refractivity contribution in [1.82, 2.24) is 0 Å². The van der Waals surface area contributed by atoms with Gasteiger partial charge >= 0.3 is 5.97 Å². The first-order valence-electron chi connectivity index (χ1n) is 6.53. The molecule has 21 heavy (non-hydrogen) atoms. The van der Waals surface area contributed by atoms with Gasteiger partial charge in [0.05, 0.1) is 9.13 Å². The molecular formula is C16H13IO4. The number of carboxylic acids is 1. The average molecular weight is 396 g/mol. The number of hydrogen-bond donors (Lipinski definition) is 1. The third-order valence-electron chi connectivity index (χ3n) is 3.32. The van der Waals surface area contributed by atoms with Gasteiger partial charge in [0.2, 0.25) is 0 Å². The molecule has 3 rings (SSSR count). The first-order valence-corrected chi connectivity index (χ1v) is 7.61. The zero-order valence-corrected chi connectivity index (χ0v) is 13.2. The van der Waals surface area contributed by atoms with E-state index in [1.54, 1.807) is 18.2 Å². The molecule has 4 nitrogen and oxygen atoms in total. The van der Waals surface area contributed by atoms with Crippen LogP contribution in [0.25, 0.3) is 0 Å². The average Bonchev–Trinajstić information content (AvgIpc) is 2.89. The molecule has 1 heterocycles. The van der Waals surface area contributed by atoms with Crippen molar-refractivity contribution in [3.63, 3.8) is 0 Å². The lowest BCUT2D eigenvalue weighted by Gasteiger charge is -2.14. The molecule has 5 heteroatoms. The van der Waals surface area contributed by atoms with E-state index in [9.17, 15) is 4.79 Å². The highest BCUT2D eigenvalue weighted by Crippen LogP contribution is 2.29. The van der Waals surface area contributed by atoms with Gasteiger partial charge in [0.25, 0.3) is 0 Å². The van der Waals surface area contributed by atoms with E-state index < -0.39 is 5.97 Å². The number of benzene rings is 2. The fraction of sp³-hybridized carbons (Fsp3) is 0.188. The maximum Gasteiger partial charge on any atom is 0.335 e. The molecule has 1 aliphatic rings. The first kappa shape index (κ1) is 14.2. The molecule has 0 aliphatic carbocycles. The van der Waals surface area contributed by atoms with Crippen LogP contribution in [0.3, 0.4) is 0 Å². The summed E-state index contributed by atoms with van der Waals surface area (Å²) in [6.07, 6.45) is 0.775. The van der Waals surface area contributed by atoms with Gasteiger partial charge in [-0.2, -0.15) is 0 Å². The van der Waals surface area contributed by atoms with E-state index in [0.717, 1.165) is 15.7 Å². The minimum Gasteiger partial charge on any atom is -0.489 e. The Morgan fingerprint density at radius 2 is 2.14 bits per heavy atom. The standard InChI is InChI=1S/C16H13IO4/c17-13-6-5-11(16(18)19)8-15(13)20-9-12-7-10-3-1-2-4-14(10)21-12/h1-6,8,12H,7,9H2,(H,18,19). The molecule has 2 aromatic carbocycles. The molecule has 0 bridgehead atoms. The van der Waals surface area contributed by atoms with Gasteiger partial charge in [-0.1, -0.05) is 18.2 Å². The zero-order valence-electron chi connectivity index (χ0n) is 11.1. The lowest BCUT2D eigenvalue weighted by molar-refractivity contribution is 0.0696. The number of hydrogen-bond acceptors (Lipinski definition) is 3. The highest BCUT2D eigenvalue weighted by molar-refractivity contribution is 14.1. The number of halogens is 1. The summed E-state index contributed by atoms with van der Waals surface area (Å²) in [5.74, 6) is 0.524. The maximum atomic E-state index is 11.0. The summed E-state index contributed by atoms with van der Waals surface area (Å²) in [4.78, 5) is 11.0. The summed E-state index contributed by atoms with van der Waals surface area (Å²) in [6, 6.07) is 12.8. The van der Waals surface area contributed by atoms with E-state index in [1.165, 1.54) is 5.56 Å². The molecule has 1 N–H and O–H groups in total. The summed E-state index contributed by atoms with van der Waals surface area (Å²) in [7, 11) is 0. The van der Waals surface area contributed by atoms with Crippen molar-refractivity contribution >= 4 is 28.6 Å². The number of carboxylic acid groups (broad SMARTS) is 1. The second-order valence-electron chi connectivity index (χ2n) is 4.81. The molecular weight excluding hydrogens is 383 g/mol. The normalized spacial score (nSPS) is 16.1. The molecule has 0 aromatic heterocycles. The van der Waals surface area contributed by atoms with E-state index >= 15 is 0 Å². The number of para-hydroxylation sites is 1. The van der Waals surface area contributed by atoms with Crippen LogP contribution in [-0.4, -0.2) is 23.8 Å². The Labute approximate surface area is 135 Å². The number of aromatic carboxylic acids is 1. The molecule has 0 amide bonds. The second kappa shape index (κ2) is 5.93. The first-order chi connectivity index (χ1) is 10.1. The number of rotatable bonds is 4. The minimum atomic E-state index is -0.958. The van der Waals surface area contributed by atoms with Gasteiger partial charge in [0.15, 0.2) is 0 Å². The van der Waals surface area contributed by atoms with E-state index in [1.807, 2.05) is 24.3 Å². The highest BCUT2D eigenvalue weighted by Gasteiger charge is 2.23. The van der Waals surface area contributed by atoms with Crippen LogP contribution in [0.2, 0.25) is 0 Å². The number of fused-ring (bicyclic) bond motifs is 1. The van der Waals surface area contributed by atoms with Crippen LogP contribution in [0.4, 0.5) is 0 Å². The van der Waals surface area contributed by atoms with Crippen molar-refractivity contribution in [3.05, 3.63) is 57.2 Å². The van der Waals surface area contributed by atoms with Gasteiger partial charge in [-0.3, -0.25) is 0 Å². The predicted octanol–water partition coefficient (Wildman–Crippen LogP) is 3.37. The topological polar surface area (TPSA) is 55.8 Å². The smallest absolute Gasteiger partial charge is 0.335 e. The fourth-order valence-electron chi connectivity index (χ4n) is 2.28. The van der Waals surface area contributed by atoms with Crippen molar-refractivity contribution in [1.29, 1.82) is 0 Å². The summed E-state index contributed by atoms with van der Waals surface area (Å²) < 4.78 is 12.4. The summed E-state index contributed by atoms with van der Waals surface area (Å²) in [5.41, 5.74) is 1.40. The SMILES string of the molecule is O=C(O)c1ccc(I)c(OCC2Cc3ccccc3O2)c1. The fourth-order valence-corrected chi connectivity index (χ4v) is 2.77. The molecule has 2 aromatic rings. The Morgan fingerprint density at radius 1 is 1.33 bits per heavy atom. The molecule has 1 aliphatic heterocycles. The third-order valence-corrected chi connectivity index (χ3v) is 4.21. The third kappa shape index (κ3) is 3.12. The lowest BCUT2D eigenvalue weighted by atomic mass is 10.1. The second-order valence-corrected chi connectivity index (χ2v) is 5.98. The van der Waals surface area contributed by atoms with Crippen LogP contribution in [0, 0.1) is 3.57 Å². The number of carbonyl (C=O) groups is 1. The minimum absolute atomic E-state index is 0.0355. The Bertz CT molecular complexity index is 659. The predicted molar refractivity (Wildman–Crippen MR) is 86.2 cm³/mol. The van der Waals surface area contributed by atoms with Crippen LogP contribution in [-0.2, 0) is 6.42 Å². The van der Waals surface area contributed by atoms with E-state index in [0.29, 0.717) is 12.4 Å². The van der Waals surface area contributed by atoms with Crippen molar-refractivity contribution in [2.75, 3.05) is 6.61 Å². The highest BCUT2D eigenvalue weighted by atomic mass is 127. The molecule has 0 radical (unpaired) electrons.